The molecule has 1 aromatic carbocycles. The predicted octanol–water partition coefficient (Wildman–Crippen LogP) is 2.76. The number of rotatable bonds is 7. The molecule has 0 spiro atoms. The van der Waals surface area contributed by atoms with Crippen LogP contribution in [-0.4, -0.2) is 35.7 Å². The Labute approximate surface area is 115 Å². The Balaban J connectivity index is 3.31. The van der Waals surface area contributed by atoms with Crippen molar-refractivity contribution in [1.29, 1.82) is 0 Å². The Morgan fingerprint density at radius 1 is 0.889 bits per heavy atom. The van der Waals surface area contributed by atoms with Crippen molar-refractivity contribution in [3.63, 3.8) is 0 Å². The molecule has 0 amide bonds. The number of nitrogens with zero attached hydrogens (tertiary/aromatic N) is 2. The summed E-state index contributed by atoms with van der Waals surface area (Å²) in [6.07, 6.45) is 0. The highest BCUT2D eigenvalue weighted by Gasteiger charge is 2.15. The summed E-state index contributed by atoms with van der Waals surface area (Å²) < 4.78 is 0. The lowest BCUT2D eigenvalue weighted by Crippen LogP contribution is -2.33. The third kappa shape index (κ3) is 3.08. The number of hydrogen-bond donors (Lipinski definition) is 0. The number of hydrogen-bond acceptors (Lipinski definition) is 2. The topological polar surface area (TPSA) is 6.48 Å². The normalized spacial score (nSPS) is 10.5. The lowest BCUT2D eigenvalue weighted by atomic mass is 10.2. The minimum absolute atomic E-state index is 0.851. The monoisotopic (exact) mass is 262 g/mol. The first-order valence-corrected chi connectivity index (χ1v) is 8.53. The summed E-state index contributed by atoms with van der Waals surface area (Å²) in [7, 11) is 0.851. The predicted molar refractivity (Wildman–Crippen MR) is 84.8 cm³/mol. The fourth-order valence-electron chi connectivity index (χ4n) is 2.42. The van der Waals surface area contributed by atoms with Crippen LogP contribution in [0.15, 0.2) is 18.2 Å². The second-order valence-corrected chi connectivity index (χ2v) is 5.31. The fourth-order valence-corrected chi connectivity index (χ4v) is 3.21. The van der Waals surface area contributed by atoms with Crippen LogP contribution >= 0.6 is 0 Å². The molecule has 100 valence electrons. The molecule has 2 nitrogen and oxygen atoms in total. The van der Waals surface area contributed by atoms with E-state index in [4.69, 9.17) is 0 Å². The first-order chi connectivity index (χ1) is 8.73. The highest BCUT2D eigenvalue weighted by molar-refractivity contribution is 6.54. The van der Waals surface area contributed by atoms with Crippen LogP contribution in [0.1, 0.15) is 27.7 Å². The Kier molecular flexibility index (Phi) is 6.26. The van der Waals surface area contributed by atoms with Crippen LogP contribution in [-0.2, 0) is 0 Å². The van der Waals surface area contributed by atoms with Gasteiger partial charge in [-0.25, -0.2) is 0 Å². The lowest BCUT2D eigenvalue weighted by Gasteiger charge is -2.32. The third-order valence-electron chi connectivity index (χ3n) is 3.47. The van der Waals surface area contributed by atoms with Gasteiger partial charge in [0.2, 0.25) is 0 Å². The molecular formula is C15H26N2Si. The van der Waals surface area contributed by atoms with Crippen molar-refractivity contribution in [3.8, 4) is 0 Å². The van der Waals surface area contributed by atoms with Crippen LogP contribution in [0.25, 0.3) is 0 Å². The summed E-state index contributed by atoms with van der Waals surface area (Å²) in [5, 5.41) is 1.49. The van der Waals surface area contributed by atoms with Crippen LogP contribution in [0.5, 0.6) is 0 Å². The van der Waals surface area contributed by atoms with E-state index in [1.807, 2.05) is 0 Å². The average Bonchev–Trinajstić information content (AvgIpc) is 2.42. The molecular weight excluding hydrogens is 236 g/mol. The molecule has 2 radical (unpaired) electrons. The quantitative estimate of drug-likeness (QED) is 0.697. The summed E-state index contributed by atoms with van der Waals surface area (Å²) in [5.41, 5.74) is 2.85. The molecule has 1 rings (SSSR count). The number of anilines is 2. The van der Waals surface area contributed by atoms with Crippen molar-refractivity contribution < 1.29 is 0 Å². The molecule has 0 N–H and O–H groups in total. The van der Waals surface area contributed by atoms with Gasteiger partial charge in [-0.3, -0.25) is 0 Å². The molecule has 0 aromatic heterocycles. The molecule has 0 fully saturated rings. The van der Waals surface area contributed by atoms with Crippen molar-refractivity contribution in [2.75, 3.05) is 36.0 Å². The van der Waals surface area contributed by atoms with Gasteiger partial charge in [-0.1, -0.05) is 18.7 Å². The zero-order valence-electron chi connectivity index (χ0n) is 12.5. The van der Waals surface area contributed by atoms with E-state index in [2.05, 4.69) is 62.2 Å². The standard InChI is InChI=1S/C15H26N2Si/c1-6-16(7-2)13-11-10-12-14(18-5)15(13)17(8-3)9-4/h10-12H,6-9H2,1-5H3. The van der Waals surface area contributed by atoms with Gasteiger partial charge in [-0.05, 0) is 38.9 Å². The van der Waals surface area contributed by atoms with Crippen LogP contribution in [0.2, 0.25) is 6.55 Å². The summed E-state index contributed by atoms with van der Waals surface area (Å²) >= 11 is 0. The first kappa shape index (κ1) is 15.1. The van der Waals surface area contributed by atoms with E-state index in [0.29, 0.717) is 0 Å². The maximum absolute atomic E-state index is 2.49. The van der Waals surface area contributed by atoms with Gasteiger partial charge in [-0.15, -0.1) is 0 Å². The van der Waals surface area contributed by atoms with Crippen molar-refractivity contribution in [3.05, 3.63) is 18.2 Å². The minimum Gasteiger partial charge on any atom is -0.371 e. The molecule has 0 heterocycles. The summed E-state index contributed by atoms with van der Waals surface area (Å²) in [6.45, 7) is 15.5. The molecule has 0 saturated carbocycles. The van der Waals surface area contributed by atoms with Gasteiger partial charge in [-0.2, -0.15) is 0 Å². The molecule has 0 unspecified atom stereocenters. The van der Waals surface area contributed by atoms with Crippen molar-refractivity contribution in [2.24, 2.45) is 0 Å². The molecule has 0 aliphatic rings. The summed E-state index contributed by atoms with van der Waals surface area (Å²) in [4.78, 5) is 4.94. The van der Waals surface area contributed by atoms with Crippen molar-refractivity contribution >= 4 is 26.1 Å². The zero-order valence-corrected chi connectivity index (χ0v) is 13.5. The Morgan fingerprint density at radius 3 is 1.89 bits per heavy atom. The van der Waals surface area contributed by atoms with Gasteiger partial charge >= 0.3 is 0 Å². The zero-order chi connectivity index (χ0) is 13.5. The van der Waals surface area contributed by atoms with Crippen LogP contribution < -0.4 is 15.0 Å². The van der Waals surface area contributed by atoms with Crippen LogP contribution in [0.4, 0.5) is 11.4 Å². The summed E-state index contributed by atoms with van der Waals surface area (Å²) in [5.74, 6) is 0. The van der Waals surface area contributed by atoms with E-state index in [0.717, 1.165) is 35.7 Å². The Hall–Kier alpha value is -0.963. The molecule has 0 aliphatic heterocycles. The van der Waals surface area contributed by atoms with E-state index in [1.165, 1.54) is 16.6 Å². The van der Waals surface area contributed by atoms with Gasteiger partial charge in [0, 0.05) is 26.2 Å². The minimum atomic E-state index is 0.851. The highest BCUT2D eigenvalue weighted by atomic mass is 28.2. The van der Waals surface area contributed by atoms with Gasteiger partial charge in [0.1, 0.15) is 0 Å². The van der Waals surface area contributed by atoms with Gasteiger partial charge in [0.05, 0.1) is 20.9 Å². The SMILES string of the molecule is CCN(CC)c1cccc([Si]C)c1N(CC)CC. The van der Waals surface area contributed by atoms with E-state index < -0.39 is 0 Å². The lowest BCUT2D eigenvalue weighted by molar-refractivity contribution is 0.835. The van der Waals surface area contributed by atoms with Crippen molar-refractivity contribution in [1.82, 2.24) is 0 Å². The van der Waals surface area contributed by atoms with Crippen LogP contribution in [0.3, 0.4) is 0 Å². The van der Waals surface area contributed by atoms with E-state index in [-0.39, 0.29) is 0 Å². The molecule has 0 atom stereocenters. The second kappa shape index (κ2) is 7.47. The van der Waals surface area contributed by atoms with Crippen LogP contribution in [0, 0.1) is 0 Å². The molecule has 0 aliphatic carbocycles. The maximum atomic E-state index is 2.49. The van der Waals surface area contributed by atoms with Gasteiger partial charge < -0.3 is 9.80 Å². The average molecular weight is 262 g/mol. The van der Waals surface area contributed by atoms with E-state index in [1.54, 1.807) is 0 Å². The van der Waals surface area contributed by atoms with Gasteiger partial charge in [0.25, 0.3) is 0 Å². The van der Waals surface area contributed by atoms with E-state index in [9.17, 15) is 0 Å². The fraction of sp³-hybridized carbons (Fsp3) is 0.600. The largest absolute Gasteiger partial charge is 0.371 e. The van der Waals surface area contributed by atoms with E-state index >= 15 is 0 Å². The molecule has 3 heteroatoms. The van der Waals surface area contributed by atoms with Gasteiger partial charge in [0.15, 0.2) is 0 Å². The smallest absolute Gasteiger partial charge is 0.0803 e. The Morgan fingerprint density at radius 2 is 1.44 bits per heavy atom. The summed E-state index contributed by atoms with van der Waals surface area (Å²) in [6, 6.07) is 6.75. The van der Waals surface area contributed by atoms with Crippen molar-refractivity contribution in [2.45, 2.75) is 34.2 Å². The second-order valence-electron chi connectivity index (χ2n) is 4.27. The number of benzene rings is 1. The Bertz CT molecular complexity index is 358. The molecule has 1 aromatic rings. The molecule has 18 heavy (non-hydrogen) atoms. The molecule has 0 bridgehead atoms. The third-order valence-corrected chi connectivity index (χ3v) is 4.41. The maximum Gasteiger partial charge on any atom is 0.0803 e. The molecule has 0 saturated heterocycles. The highest BCUT2D eigenvalue weighted by Crippen LogP contribution is 2.27. The first-order valence-electron chi connectivity index (χ1n) is 7.03. The number of para-hydroxylation sites is 1.